The number of benzene rings is 2. The molecule has 184 valence electrons. The first-order valence-corrected chi connectivity index (χ1v) is 11.6. The van der Waals surface area contributed by atoms with Crippen molar-refractivity contribution in [3.05, 3.63) is 58.1 Å². The van der Waals surface area contributed by atoms with Crippen molar-refractivity contribution in [2.45, 2.75) is 25.7 Å². The molecular formula is C24H24ClN3O6S. The molecule has 0 saturated heterocycles. The highest BCUT2D eigenvalue weighted by molar-refractivity contribution is 7.80. The van der Waals surface area contributed by atoms with Crippen LogP contribution in [0.15, 0.2) is 36.4 Å². The Morgan fingerprint density at radius 2 is 1.69 bits per heavy atom. The molecule has 0 unspecified atom stereocenters. The monoisotopic (exact) mass is 517 g/mol. The first kappa shape index (κ1) is 26.1. The van der Waals surface area contributed by atoms with Crippen molar-refractivity contribution in [1.29, 1.82) is 0 Å². The van der Waals surface area contributed by atoms with Gasteiger partial charge in [0.2, 0.25) is 5.91 Å². The molecule has 2 aromatic carbocycles. The predicted octanol–water partition coefficient (Wildman–Crippen LogP) is 3.80. The van der Waals surface area contributed by atoms with Gasteiger partial charge in [-0.2, -0.15) is 0 Å². The van der Waals surface area contributed by atoms with Crippen LogP contribution in [0, 0.1) is 0 Å². The number of halogens is 1. The molecule has 35 heavy (non-hydrogen) atoms. The van der Waals surface area contributed by atoms with E-state index in [1.165, 1.54) is 31.3 Å². The molecule has 1 heterocycles. The third kappa shape index (κ3) is 6.14. The number of fused-ring (bicyclic) bond motifs is 1. The van der Waals surface area contributed by atoms with Crippen LogP contribution < -0.4 is 15.4 Å². The number of nitrogens with one attached hydrogen (secondary N) is 2. The van der Waals surface area contributed by atoms with Crippen LogP contribution >= 0.6 is 23.8 Å². The van der Waals surface area contributed by atoms with Crippen LogP contribution in [-0.2, 0) is 9.53 Å². The molecule has 0 bridgehead atoms. The van der Waals surface area contributed by atoms with Gasteiger partial charge in [-0.25, -0.2) is 4.79 Å². The van der Waals surface area contributed by atoms with Gasteiger partial charge in [0, 0.05) is 13.0 Å². The summed E-state index contributed by atoms with van der Waals surface area (Å²) in [5, 5.41) is 5.58. The van der Waals surface area contributed by atoms with Gasteiger partial charge in [-0.3, -0.25) is 19.3 Å². The van der Waals surface area contributed by atoms with E-state index >= 15 is 0 Å². The molecule has 2 N–H and O–H groups in total. The molecule has 0 aliphatic carbocycles. The van der Waals surface area contributed by atoms with E-state index in [1.807, 2.05) is 0 Å². The van der Waals surface area contributed by atoms with E-state index in [4.69, 9.17) is 28.6 Å². The van der Waals surface area contributed by atoms with Gasteiger partial charge in [-0.05, 0) is 49.3 Å². The van der Waals surface area contributed by atoms with Crippen molar-refractivity contribution in [3.63, 3.8) is 0 Å². The van der Waals surface area contributed by atoms with Gasteiger partial charge in [0.25, 0.3) is 11.8 Å². The molecule has 0 radical (unpaired) electrons. The molecule has 3 rings (SSSR count). The standard InChI is InChI=1S/C24H24ClN3O6S/c1-33-19-12-16(23(32)34-2)17(25)13-18(19)26-24(35)27-20(29)10-4-3-7-11-28-21(30)14-8-5-6-9-15(14)22(28)31/h5-6,8-9,12-13H,3-4,7,10-11H2,1-2H3,(H2,26,27,29,35). The Labute approximate surface area is 212 Å². The second kappa shape index (κ2) is 11.8. The van der Waals surface area contributed by atoms with Gasteiger partial charge in [0.05, 0.1) is 41.6 Å². The van der Waals surface area contributed by atoms with Gasteiger partial charge < -0.3 is 20.1 Å². The molecule has 9 nitrogen and oxygen atoms in total. The molecule has 0 saturated carbocycles. The Morgan fingerprint density at radius 1 is 1.03 bits per heavy atom. The summed E-state index contributed by atoms with van der Waals surface area (Å²) < 4.78 is 9.94. The Balaban J connectivity index is 1.42. The molecule has 1 aliphatic heterocycles. The Kier molecular flexibility index (Phi) is 8.78. The summed E-state index contributed by atoms with van der Waals surface area (Å²) in [6, 6.07) is 9.61. The zero-order valence-electron chi connectivity index (χ0n) is 19.2. The number of ether oxygens (including phenoxy) is 2. The number of carbonyl (C=O) groups is 4. The third-order valence-electron chi connectivity index (χ3n) is 5.36. The second-order valence-electron chi connectivity index (χ2n) is 7.64. The minimum atomic E-state index is -0.612. The van der Waals surface area contributed by atoms with Crippen LogP contribution in [0.3, 0.4) is 0 Å². The lowest BCUT2D eigenvalue weighted by Gasteiger charge is -2.15. The van der Waals surface area contributed by atoms with Crippen molar-refractivity contribution >= 4 is 58.3 Å². The van der Waals surface area contributed by atoms with Crippen LogP contribution in [0.25, 0.3) is 0 Å². The molecule has 0 fully saturated rings. The Morgan fingerprint density at radius 3 is 2.29 bits per heavy atom. The van der Waals surface area contributed by atoms with Crippen LogP contribution in [0.2, 0.25) is 5.02 Å². The van der Waals surface area contributed by atoms with E-state index in [0.717, 1.165) is 0 Å². The van der Waals surface area contributed by atoms with E-state index in [2.05, 4.69) is 15.4 Å². The summed E-state index contributed by atoms with van der Waals surface area (Å²) in [5.74, 6) is -1.18. The maximum absolute atomic E-state index is 12.4. The second-order valence-corrected chi connectivity index (χ2v) is 8.46. The maximum Gasteiger partial charge on any atom is 0.339 e. The molecule has 0 aromatic heterocycles. The van der Waals surface area contributed by atoms with E-state index in [0.29, 0.717) is 48.4 Å². The highest BCUT2D eigenvalue weighted by Crippen LogP contribution is 2.31. The minimum absolute atomic E-state index is 0.0428. The Bertz CT molecular complexity index is 1150. The van der Waals surface area contributed by atoms with E-state index in [9.17, 15) is 19.2 Å². The zero-order valence-corrected chi connectivity index (χ0v) is 20.8. The normalized spacial score (nSPS) is 12.3. The fourth-order valence-corrected chi connectivity index (χ4v) is 4.07. The molecule has 2 aromatic rings. The summed E-state index contributed by atoms with van der Waals surface area (Å²) in [6.45, 7) is 0.302. The minimum Gasteiger partial charge on any atom is -0.495 e. The number of carbonyl (C=O) groups excluding carboxylic acids is 4. The molecule has 1 aliphatic rings. The first-order chi connectivity index (χ1) is 16.8. The summed E-state index contributed by atoms with van der Waals surface area (Å²) in [4.78, 5) is 50.0. The lowest BCUT2D eigenvalue weighted by molar-refractivity contribution is -0.119. The van der Waals surface area contributed by atoms with Crippen molar-refractivity contribution < 1.29 is 28.7 Å². The lowest BCUT2D eigenvalue weighted by atomic mass is 10.1. The number of hydrogen-bond donors (Lipinski definition) is 2. The fraction of sp³-hybridized carbons (Fsp3) is 0.292. The quantitative estimate of drug-likeness (QED) is 0.223. The van der Waals surface area contributed by atoms with Gasteiger partial charge in [-0.1, -0.05) is 30.2 Å². The van der Waals surface area contributed by atoms with Crippen LogP contribution in [0.1, 0.15) is 56.8 Å². The highest BCUT2D eigenvalue weighted by atomic mass is 35.5. The third-order valence-corrected chi connectivity index (χ3v) is 5.88. The Hall–Kier alpha value is -3.50. The number of hydrogen-bond acceptors (Lipinski definition) is 7. The summed E-state index contributed by atoms with van der Waals surface area (Å²) >= 11 is 11.3. The van der Waals surface area contributed by atoms with E-state index in [-0.39, 0.29) is 39.8 Å². The molecule has 0 spiro atoms. The predicted molar refractivity (Wildman–Crippen MR) is 134 cm³/mol. The summed E-state index contributed by atoms with van der Waals surface area (Å²) in [6.07, 6.45) is 2.01. The van der Waals surface area contributed by atoms with Gasteiger partial charge in [-0.15, -0.1) is 0 Å². The van der Waals surface area contributed by atoms with Crippen molar-refractivity contribution in [1.82, 2.24) is 10.2 Å². The zero-order chi connectivity index (χ0) is 25.5. The van der Waals surface area contributed by atoms with Crippen molar-refractivity contribution in [2.24, 2.45) is 0 Å². The largest absolute Gasteiger partial charge is 0.495 e. The number of nitrogens with zero attached hydrogens (tertiary/aromatic N) is 1. The van der Waals surface area contributed by atoms with Gasteiger partial charge in [0.15, 0.2) is 5.11 Å². The number of esters is 1. The summed E-state index contributed by atoms with van der Waals surface area (Å²) in [5.41, 5.74) is 1.36. The molecule has 3 amide bonds. The average Bonchev–Trinajstić information content (AvgIpc) is 3.08. The number of unbranched alkanes of at least 4 members (excludes halogenated alkanes) is 2. The summed E-state index contributed by atoms with van der Waals surface area (Å²) in [7, 11) is 2.66. The molecular weight excluding hydrogens is 494 g/mol. The van der Waals surface area contributed by atoms with Crippen molar-refractivity contribution in [3.8, 4) is 5.75 Å². The maximum atomic E-state index is 12.4. The van der Waals surface area contributed by atoms with E-state index in [1.54, 1.807) is 24.3 Å². The SMILES string of the molecule is COC(=O)c1cc(OC)c(NC(=S)NC(=O)CCCCCN2C(=O)c3ccccc3C2=O)cc1Cl. The fourth-order valence-electron chi connectivity index (χ4n) is 3.60. The van der Waals surface area contributed by atoms with Gasteiger partial charge >= 0.3 is 5.97 Å². The number of thiocarbonyl (C=S) groups is 1. The number of amides is 3. The van der Waals surface area contributed by atoms with Crippen LogP contribution in [0.4, 0.5) is 5.69 Å². The first-order valence-electron chi connectivity index (χ1n) is 10.8. The average molecular weight is 518 g/mol. The van der Waals surface area contributed by atoms with E-state index < -0.39 is 5.97 Å². The lowest BCUT2D eigenvalue weighted by Crippen LogP contribution is -2.34. The van der Waals surface area contributed by atoms with Crippen LogP contribution in [0.5, 0.6) is 5.75 Å². The smallest absolute Gasteiger partial charge is 0.339 e. The highest BCUT2D eigenvalue weighted by Gasteiger charge is 2.34. The number of methoxy groups -OCH3 is 2. The molecule has 11 heteroatoms. The number of anilines is 1. The number of rotatable bonds is 9. The van der Waals surface area contributed by atoms with Gasteiger partial charge in [0.1, 0.15) is 5.75 Å². The van der Waals surface area contributed by atoms with Crippen LogP contribution in [-0.4, -0.2) is 54.5 Å². The number of imide groups is 1. The topological polar surface area (TPSA) is 114 Å². The molecule has 0 atom stereocenters. The van der Waals surface area contributed by atoms with Crippen molar-refractivity contribution in [2.75, 3.05) is 26.1 Å².